The van der Waals surface area contributed by atoms with E-state index in [2.05, 4.69) is 10.0 Å². The topological polar surface area (TPSA) is 80.2 Å². The van der Waals surface area contributed by atoms with Crippen molar-refractivity contribution in [1.82, 2.24) is 9.88 Å². The maximum absolute atomic E-state index is 12.7. The summed E-state index contributed by atoms with van der Waals surface area (Å²) in [4.78, 5) is 12.5. The fourth-order valence-electron chi connectivity index (χ4n) is 3.14. The van der Waals surface area contributed by atoms with E-state index >= 15 is 0 Å². The van der Waals surface area contributed by atoms with Crippen molar-refractivity contribution in [3.8, 4) is 0 Å². The highest BCUT2D eigenvalue weighted by Crippen LogP contribution is 2.26. The Labute approximate surface area is 189 Å². The summed E-state index contributed by atoms with van der Waals surface area (Å²) in [5.41, 5.74) is 2.00. The summed E-state index contributed by atoms with van der Waals surface area (Å²) in [6.07, 6.45) is 1.64. The minimum absolute atomic E-state index is 0.0389. The SMILES string of the molecule is O=C(NCc1ccccc1)n1ccc2cc(NS(=O)(=O)c3cc(Cl)cc(Cl)c3)ccc21. The van der Waals surface area contributed by atoms with Crippen molar-refractivity contribution in [2.24, 2.45) is 0 Å². The van der Waals surface area contributed by atoms with Gasteiger partial charge >= 0.3 is 6.03 Å². The predicted octanol–water partition coefficient (Wildman–Crippen LogP) is 5.51. The molecule has 0 aliphatic carbocycles. The van der Waals surface area contributed by atoms with Crippen molar-refractivity contribution in [1.29, 1.82) is 0 Å². The van der Waals surface area contributed by atoms with E-state index < -0.39 is 10.0 Å². The molecule has 1 amide bonds. The van der Waals surface area contributed by atoms with Crippen LogP contribution in [0.3, 0.4) is 0 Å². The zero-order valence-electron chi connectivity index (χ0n) is 16.0. The van der Waals surface area contributed by atoms with Crippen LogP contribution in [0.5, 0.6) is 0 Å². The second kappa shape index (κ2) is 8.63. The molecular weight excluding hydrogens is 457 g/mol. The van der Waals surface area contributed by atoms with E-state index in [9.17, 15) is 13.2 Å². The van der Waals surface area contributed by atoms with Crippen LogP contribution in [0, 0.1) is 0 Å². The highest BCUT2D eigenvalue weighted by atomic mass is 35.5. The molecule has 3 aromatic carbocycles. The summed E-state index contributed by atoms with van der Waals surface area (Å²) in [7, 11) is -3.88. The number of sulfonamides is 1. The van der Waals surface area contributed by atoms with E-state index in [0.717, 1.165) is 5.56 Å². The average Bonchev–Trinajstić information content (AvgIpc) is 3.15. The Kier molecular flexibility index (Phi) is 5.91. The predicted molar refractivity (Wildman–Crippen MR) is 123 cm³/mol. The Morgan fingerprint density at radius 1 is 0.903 bits per heavy atom. The Morgan fingerprint density at radius 3 is 2.32 bits per heavy atom. The molecule has 31 heavy (non-hydrogen) atoms. The van der Waals surface area contributed by atoms with Crippen LogP contribution in [0.1, 0.15) is 5.56 Å². The molecule has 1 aromatic heterocycles. The lowest BCUT2D eigenvalue weighted by Crippen LogP contribution is -2.27. The van der Waals surface area contributed by atoms with Crippen molar-refractivity contribution in [3.63, 3.8) is 0 Å². The number of carbonyl (C=O) groups is 1. The van der Waals surface area contributed by atoms with Gasteiger partial charge in [-0.25, -0.2) is 13.2 Å². The Hall–Kier alpha value is -3.00. The number of rotatable bonds is 5. The molecule has 9 heteroatoms. The molecule has 0 aliphatic rings. The van der Waals surface area contributed by atoms with Gasteiger partial charge in [0.05, 0.1) is 10.4 Å². The number of carbonyl (C=O) groups excluding carboxylic acids is 1. The number of anilines is 1. The normalized spacial score (nSPS) is 11.4. The van der Waals surface area contributed by atoms with Gasteiger partial charge in [-0.2, -0.15) is 0 Å². The molecule has 4 rings (SSSR count). The van der Waals surface area contributed by atoms with E-state index in [-0.39, 0.29) is 21.0 Å². The summed E-state index contributed by atoms with van der Waals surface area (Å²) >= 11 is 11.8. The van der Waals surface area contributed by atoms with Gasteiger partial charge in [-0.3, -0.25) is 9.29 Å². The van der Waals surface area contributed by atoms with Crippen LogP contribution in [-0.4, -0.2) is 19.0 Å². The molecule has 1 heterocycles. The Morgan fingerprint density at radius 2 is 1.61 bits per heavy atom. The van der Waals surface area contributed by atoms with Crippen LogP contribution in [0.15, 0.2) is 83.9 Å². The van der Waals surface area contributed by atoms with Gasteiger partial charge in [-0.1, -0.05) is 53.5 Å². The third-order valence-electron chi connectivity index (χ3n) is 4.59. The number of hydrogen-bond donors (Lipinski definition) is 2. The van der Waals surface area contributed by atoms with Crippen LogP contribution in [0.4, 0.5) is 10.5 Å². The van der Waals surface area contributed by atoms with Crippen molar-refractivity contribution in [2.75, 3.05) is 4.72 Å². The molecule has 0 saturated carbocycles. The number of benzene rings is 3. The lowest BCUT2D eigenvalue weighted by Gasteiger charge is -2.10. The van der Waals surface area contributed by atoms with E-state index in [0.29, 0.717) is 23.1 Å². The van der Waals surface area contributed by atoms with Crippen molar-refractivity contribution < 1.29 is 13.2 Å². The number of aromatic nitrogens is 1. The van der Waals surface area contributed by atoms with Crippen molar-refractivity contribution >= 4 is 55.8 Å². The van der Waals surface area contributed by atoms with Gasteiger partial charge < -0.3 is 5.32 Å². The summed E-state index contributed by atoms with van der Waals surface area (Å²) in [5, 5.41) is 4.02. The first kappa shape index (κ1) is 21.2. The molecule has 2 N–H and O–H groups in total. The Balaban J connectivity index is 1.53. The molecule has 0 atom stereocenters. The summed E-state index contributed by atoms with van der Waals surface area (Å²) < 4.78 is 29.3. The third kappa shape index (κ3) is 4.85. The summed E-state index contributed by atoms with van der Waals surface area (Å²) in [6, 6.07) is 20.1. The molecule has 0 unspecified atom stereocenters. The summed E-state index contributed by atoms with van der Waals surface area (Å²) in [5.74, 6) is 0. The van der Waals surface area contributed by atoms with Gasteiger partial charge in [-0.15, -0.1) is 0 Å². The van der Waals surface area contributed by atoms with Gasteiger partial charge in [0.2, 0.25) is 0 Å². The fourth-order valence-corrected chi connectivity index (χ4v) is 4.91. The maximum atomic E-state index is 12.7. The lowest BCUT2D eigenvalue weighted by atomic mass is 10.2. The third-order valence-corrected chi connectivity index (χ3v) is 6.39. The molecule has 4 aromatic rings. The van der Waals surface area contributed by atoms with Crippen LogP contribution in [0.2, 0.25) is 10.0 Å². The molecule has 0 saturated heterocycles. The molecule has 0 radical (unpaired) electrons. The molecule has 0 fully saturated rings. The van der Waals surface area contributed by atoms with Crippen LogP contribution >= 0.6 is 23.2 Å². The second-order valence-electron chi connectivity index (χ2n) is 6.81. The maximum Gasteiger partial charge on any atom is 0.326 e. The first-order valence-corrected chi connectivity index (χ1v) is 11.5. The zero-order chi connectivity index (χ0) is 22.0. The molecule has 158 valence electrons. The number of nitrogens with one attached hydrogen (secondary N) is 2. The average molecular weight is 474 g/mol. The number of halogens is 2. The van der Waals surface area contributed by atoms with Crippen molar-refractivity contribution in [3.05, 3.63) is 94.6 Å². The number of nitrogens with zero attached hydrogens (tertiary/aromatic N) is 1. The molecule has 0 bridgehead atoms. The first-order chi connectivity index (χ1) is 14.8. The monoisotopic (exact) mass is 473 g/mol. The van der Waals surface area contributed by atoms with Gasteiger partial charge in [0.15, 0.2) is 0 Å². The quantitative estimate of drug-likeness (QED) is 0.401. The van der Waals surface area contributed by atoms with Gasteiger partial charge in [0, 0.05) is 33.9 Å². The second-order valence-corrected chi connectivity index (χ2v) is 9.37. The fraction of sp³-hybridized carbons (Fsp3) is 0.0455. The highest BCUT2D eigenvalue weighted by molar-refractivity contribution is 7.92. The van der Waals surface area contributed by atoms with Crippen LogP contribution in [0.25, 0.3) is 10.9 Å². The van der Waals surface area contributed by atoms with E-state index in [1.54, 1.807) is 30.5 Å². The van der Waals surface area contributed by atoms with Gasteiger partial charge in [0.1, 0.15) is 0 Å². The number of hydrogen-bond acceptors (Lipinski definition) is 3. The van der Waals surface area contributed by atoms with Gasteiger partial charge in [-0.05, 0) is 48.0 Å². The van der Waals surface area contributed by atoms with Crippen molar-refractivity contribution in [2.45, 2.75) is 11.4 Å². The molecule has 0 spiro atoms. The van der Waals surface area contributed by atoms with Crippen LogP contribution in [-0.2, 0) is 16.6 Å². The van der Waals surface area contributed by atoms with Crippen LogP contribution < -0.4 is 10.0 Å². The van der Waals surface area contributed by atoms with E-state index in [4.69, 9.17) is 23.2 Å². The molecule has 0 aliphatic heterocycles. The number of amides is 1. The minimum atomic E-state index is -3.88. The zero-order valence-corrected chi connectivity index (χ0v) is 18.4. The lowest BCUT2D eigenvalue weighted by molar-refractivity contribution is 0.243. The Bertz CT molecular complexity index is 1350. The first-order valence-electron chi connectivity index (χ1n) is 9.24. The van der Waals surface area contributed by atoms with E-state index in [1.807, 2.05) is 30.3 Å². The largest absolute Gasteiger partial charge is 0.333 e. The smallest absolute Gasteiger partial charge is 0.326 e. The standard InChI is InChI=1S/C22H17Cl2N3O3S/c23-17-11-18(24)13-20(12-17)31(29,30)26-19-6-7-21-16(10-19)8-9-27(21)22(28)25-14-15-4-2-1-3-5-15/h1-13,26H,14H2,(H,25,28). The summed E-state index contributed by atoms with van der Waals surface area (Å²) in [6.45, 7) is 0.402. The highest BCUT2D eigenvalue weighted by Gasteiger charge is 2.17. The van der Waals surface area contributed by atoms with E-state index in [1.165, 1.54) is 22.8 Å². The molecular formula is C22H17Cl2N3O3S. The van der Waals surface area contributed by atoms with Gasteiger partial charge in [0.25, 0.3) is 10.0 Å². The molecule has 6 nitrogen and oxygen atoms in total. The minimum Gasteiger partial charge on any atom is -0.333 e. The number of fused-ring (bicyclic) bond motifs is 1.